The third kappa shape index (κ3) is 5.48. The smallest absolute Gasteiger partial charge is 0.134 e. The van der Waals surface area contributed by atoms with Crippen LogP contribution in [0.25, 0.3) is 0 Å². The molecule has 1 aliphatic rings. The number of phenolic OH excluding ortho intramolecular Hbond substituents is 1. The molecule has 5 heteroatoms. The molecule has 0 saturated carbocycles. The SMILES string of the molecule is C=C.N#CCC=O.Oc1cccc2c1SCS2. The highest BCUT2D eigenvalue weighted by molar-refractivity contribution is 8.18. The summed E-state index contributed by atoms with van der Waals surface area (Å²) in [7, 11) is 0. The topological polar surface area (TPSA) is 61.1 Å². The van der Waals surface area contributed by atoms with Gasteiger partial charge in [0, 0.05) is 9.98 Å². The highest BCUT2D eigenvalue weighted by atomic mass is 32.2. The molecule has 0 fully saturated rings. The standard InChI is InChI=1S/C7H6OS2.C3H3NO.C2H4/c8-5-2-1-3-6-7(5)10-4-9-6;4-2-1-3-5;1-2/h1-3,8H,4H2;3H,1H2;1-2H2. The van der Waals surface area contributed by atoms with Gasteiger partial charge in [-0.3, -0.25) is 0 Å². The van der Waals surface area contributed by atoms with Crippen molar-refractivity contribution in [2.75, 3.05) is 5.08 Å². The largest absolute Gasteiger partial charge is 0.507 e. The first-order valence-corrected chi connectivity index (χ1v) is 6.65. The summed E-state index contributed by atoms with van der Waals surface area (Å²) in [5, 5.41) is 17.9. The summed E-state index contributed by atoms with van der Waals surface area (Å²) in [6.07, 6.45) is 0.583. The minimum absolute atomic E-state index is 0.0139. The number of nitrogens with zero attached hydrogens (tertiary/aromatic N) is 1. The number of nitriles is 1. The summed E-state index contributed by atoms with van der Waals surface area (Å²) >= 11 is 3.49. The average Bonchev–Trinajstić information content (AvgIpc) is 2.83. The van der Waals surface area contributed by atoms with Crippen molar-refractivity contribution >= 4 is 29.8 Å². The van der Waals surface area contributed by atoms with Crippen LogP contribution in [-0.4, -0.2) is 16.5 Å². The summed E-state index contributed by atoms with van der Waals surface area (Å²) in [6.45, 7) is 6.00. The highest BCUT2D eigenvalue weighted by Gasteiger charge is 2.14. The number of hydrogen-bond donors (Lipinski definition) is 1. The Morgan fingerprint density at radius 1 is 1.47 bits per heavy atom. The molecular weight excluding hydrogens is 254 g/mol. The molecular formula is C12H13NO2S2. The summed E-state index contributed by atoms with van der Waals surface area (Å²) in [5.74, 6) is 0.424. The van der Waals surface area contributed by atoms with Crippen molar-refractivity contribution in [3.05, 3.63) is 31.4 Å². The van der Waals surface area contributed by atoms with E-state index in [9.17, 15) is 9.90 Å². The summed E-state index contributed by atoms with van der Waals surface area (Å²) in [4.78, 5) is 11.4. The molecule has 0 aliphatic carbocycles. The average molecular weight is 267 g/mol. The second-order valence-electron chi connectivity index (χ2n) is 2.54. The fourth-order valence-electron chi connectivity index (χ4n) is 0.952. The van der Waals surface area contributed by atoms with Gasteiger partial charge in [-0.05, 0) is 12.1 Å². The number of aldehydes is 1. The number of benzene rings is 1. The normalized spacial score (nSPS) is 10.8. The lowest BCUT2D eigenvalue weighted by molar-refractivity contribution is -0.107. The number of aromatic hydroxyl groups is 1. The number of phenols is 1. The van der Waals surface area contributed by atoms with Crippen LogP contribution in [0.3, 0.4) is 0 Å². The van der Waals surface area contributed by atoms with Crippen molar-refractivity contribution in [1.82, 2.24) is 0 Å². The third-order valence-corrected chi connectivity index (χ3v) is 3.99. The van der Waals surface area contributed by atoms with Crippen LogP contribution >= 0.6 is 23.5 Å². The molecule has 0 amide bonds. The van der Waals surface area contributed by atoms with Gasteiger partial charge in [-0.2, -0.15) is 5.26 Å². The van der Waals surface area contributed by atoms with Gasteiger partial charge in [-0.15, -0.1) is 36.7 Å². The van der Waals surface area contributed by atoms with E-state index in [2.05, 4.69) is 13.2 Å². The van der Waals surface area contributed by atoms with Crippen molar-refractivity contribution in [1.29, 1.82) is 5.26 Å². The first-order valence-electron chi connectivity index (χ1n) is 4.67. The van der Waals surface area contributed by atoms with E-state index in [-0.39, 0.29) is 6.42 Å². The number of rotatable bonds is 1. The Hall–Kier alpha value is -1.38. The first kappa shape index (κ1) is 15.6. The Morgan fingerprint density at radius 3 is 2.65 bits per heavy atom. The number of carbonyl (C=O) groups is 1. The zero-order chi connectivity index (χ0) is 13.1. The van der Waals surface area contributed by atoms with Crippen LogP contribution in [0.1, 0.15) is 6.42 Å². The van der Waals surface area contributed by atoms with Crippen molar-refractivity contribution in [3.8, 4) is 11.8 Å². The van der Waals surface area contributed by atoms with Crippen LogP contribution in [0.4, 0.5) is 0 Å². The van der Waals surface area contributed by atoms with E-state index in [1.807, 2.05) is 12.1 Å². The second-order valence-corrected chi connectivity index (χ2v) is 4.91. The molecule has 0 bridgehead atoms. The number of thioether (sulfide) groups is 2. The molecule has 2 rings (SSSR count). The third-order valence-electron chi connectivity index (χ3n) is 1.55. The molecule has 1 N–H and O–H groups in total. The van der Waals surface area contributed by atoms with Gasteiger partial charge < -0.3 is 9.90 Å². The summed E-state index contributed by atoms with van der Waals surface area (Å²) in [6, 6.07) is 7.31. The van der Waals surface area contributed by atoms with Gasteiger partial charge in [-0.25, -0.2) is 0 Å². The molecule has 1 aliphatic heterocycles. The lowest BCUT2D eigenvalue weighted by atomic mass is 10.3. The molecule has 0 saturated heterocycles. The number of carbonyl (C=O) groups excluding carboxylic acids is 1. The van der Waals surface area contributed by atoms with Crippen molar-refractivity contribution in [3.63, 3.8) is 0 Å². The maximum absolute atomic E-state index is 9.30. The van der Waals surface area contributed by atoms with E-state index in [4.69, 9.17) is 5.26 Å². The van der Waals surface area contributed by atoms with E-state index < -0.39 is 0 Å². The molecule has 17 heavy (non-hydrogen) atoms. The molecule has 0 atom stereocenters. The van der Waals surface area contributed by atoms with Crippen LogP contribution in [0, 0.1) is 11.3 Å². The molecule has 3 nitrogen and oxygen atoms in total. The lowest BCUT2D eigenvalue weighted by Crippen LogP contribution is -1.70. The van der Waals surface area contributed by atoms with E-state index in [1.165, 1.54) is 4.90 Å². The van der Waals surface area contributed by atoms with Gasteiger partial charge in [0.05, 0.1) is 17.4 Å². The van der Waals surface area contributed by atoms with Gasteiger partial charge >= 0.3 is 0 Å². The molecule has 90 valence electrons. The van der Waals surface area contributed by atoms with Crippen molar-refractivity contribution in [2.24, 2.45) is 0 Å². The maximum Gasteiger partial charge on any atom is 0.134 e. The molecule has 0 spiro atoms. The molecule has 1 aromatic carbocycles. The highest BCUT2D eigenvalue weighted by Crippen LogP contribution is 2.45. The van der Waals surface area contributed by atoms with Gasteiger partial charge in [0.25, 0.3) is 0 Å². The van der Waals surface area contributed by atoms with Gasteiger partial charge in [0.15, 0.2) is 0 Å². The zero-order valence-electron chi connectivity index (χ0n) is 9.26. The number of hydrogen-bond acceptors (Lipinski definition) is 5. The molecule has 0 radical (unpaired) electrons. The molecule has 0 unspecified atom stereocenters. The predicted octanol–water partition coefficient (Wildman–Crippen LogP) is 3.45. The zero-order valence-corrected chi connectivity index (χ0v) is 10.9. The van der Waals surface area contributed by atoms with E-state index in [0.717, 1.165) is 9.98 Å². The van der Waals surface area contributed by atoms with Gasteiger partial charge in [0.2, 0.25) is 0 Å². The Labute approximate surface area is 110 Å². The summed E-state index contributed by atoms with van der Waals surface area (Å²) in [5.41, 5.74) is 0. The van der Waals surface area contributed by atoms with Gasteiger partial charge in [-0.1, -0.05) is 6.07 Å². The van der Waals surface area contributed by atoms with E-state index >= 15 is 0 Å². The molecule has 1 aromatic rings. The molecule has 1 heterocycles. The van der Waals surface area contributed by atoms with Crippen molar-refractivity contribution < 1.29 is 9.90 Å². The number of fused-ring (bicyclic) bond motifs is 1. The van der Waals surface area contributed by atoms with Crippen LogP contribution in [0.2, 0.25) is 0 Å². The lowest BCUT2D eigenvalue weighted by Gasteiger charge is -1.97. The maximum atomic E-state index is 9.30. The Balaban J connectivity index is 0.000000315. The fourth-order valence-corrected chi connectivity index (χ4v) is 3.36. The molecule has 0 aromatic heterocycles. The Morgan fingerprint density at radius 2 is 2.18 bits per heavy atom. The first-order chi connectivity index (χ1) is 8.29. The van der Waals surface area contributed by atoms with Crippen LogP contribution in [-0.2, 0) is 4.79 Å². The van der Waals surface area contributed by atoms with Gasteiger partial charge in [0.1, 0.15) is 12.0 Å². The minimum atomic E-state index is 0.0139. The Bertz CT molecular complexity index is 402. The van der Waals surface area contributed by atoms with Crippen LogP contribution in [0.5, 0.6) is 5.75 Å². The van der Waals surface area contributed by atoms with E-state index in [1.54, 1.807) is 35.7 Å². The summed E-state index contributed by atoms with van der Waals surface area (Å²) < 4.78 is 0. The fraction of sp³-hybridized carbons (Fsp3) is 0.167. The van der Waals surface area contributed by atoms with Crippen molar-refractivity contribution in [2.45, 2.75) is 16.2 Å². The second kappa shape index (κ2) is 9.82. The predicted molar refractivity (Wildman–Crippen MR) is 72.2 cm³/mol. The quantitative estimate of drug-likeness (QED) is 0.623. The van der Waals surface area contributed by atoms with E-state index in [0.29, 0.717) is 12.0 Å². The van der Waals surface area contributed by atoms with Crippen LogP contribution < -0.4 is 0 Å². The Kier molecular flexibility index (Phi) is 9.02. The minimum Gasteiger partial charge on any atom is -0.507 e. The monoisotopic (exact) mass is 267 g/mol. The van der Waals surface area contributed by atoms with Crippen LogP contribution in [0.15, 0.2) is 41.1 Å².